The molecule has 5 nitrogen and oxygen atoms in total. The first-order chi connectivity index (χ1) is 12.7. The van der Waals surface area contributed by atoms with Gasteiger partial charge in [-0.2, -0.15) is 0 Å². The first-order valence-corrected chi connectivity index (χ1v) is 8.56. The number of rotatable bonds is 3. The average Bonchev–Trinajstić information content (AvgIpc) is 2.69. The van der Waals surface area contributed by atoms with Gasteiger partial charge in [-0.3, -0.25) is 0 Å². The number of halogens is 1. The van der Waals surface area contributed by atoms with Gasteiger partial charge in [0, 0.05) is 35.5 Å². The summed E-state index contributed by atoms with van der Waals surface area (Å²) in [6, 6.07) is 14.0. The molecular weight excluding hydrogens is 346 g/mol. The van der Waals surface area contributed by atoms with Gasteiger partial charge in [0.15, 0.2) is 0 Å². The Bertz CT molecular complexity index is 1100. The Hall–Kier alpha value is -3.05. The van der Waals surface area contributed by atoms with Crippen LogP contribution in [0.15, 0.2) is 55.0 Å². The van der Waals surface area contributed by atoms with E-state index in [1.807, 2.05) is 55.6 Å². The number of aryl methyl sites for hydroxylation is 1. The zero-order valence-corrected chi connectivity index (χ0v) is 15.1. The Balaban J connectivity index is 1.99. The van der Waals surface area contributed by atoms with Gasteiger partial charge < -0.3 is 5.32 Å². The minimum absolute atomic E-state index is 0.569. The van der Waals surface area contributed by atoms with E-state index in [1.54, 1.807) is 7.05 Å². The summed E-state index contributed by atoms with van der Waals surface area (Å²) in [6.45, 7) is 1.95. The van der Waals surface area contributed by atoms with E-state index in [9.17, 15) is 0 Å². The number of nitrogens with one attached hydrogen (secondary N) is 1. The first-order valence-electron chi connectivity index (χ1n) is 8.19. The van der Waals surface area contributed by atoms with Crippen molar-refractivity contribution >= 4 is 28.5 Å². The standard InChI is InChI=1S/C20H16ClN5/c1-12-15-8-14(9-17(21)19(15)25-11-24-12)16-10-23-20(22-2)26-18(16)13-6-4-3-5-7-13/h3-11H,1-2H3,(H,22,23,26). The van der Waals surface area contributed by atoms with Crippen LogP contribution in [-0.4, -0.2) is 27.0 Å². The average molecular weight is 362 g/mol. The van der Waals surface area contributed by atoms with Crippen LogP contribution in [0.1, 0.15) is 5.69 Å². The molecule has 128 valence electrons. The third kappa shape index (κ3) is 2.86. The number of nitrogens with zero attached hydrogens (tertiary/aromatic N) is 4. The van der Waals surface area contributed by atoms with Crippen molar-refractivity contribution in [2.75, 3.05) is 12.4 Å². The molecule has 0 spiro atoms. The van der Waals surface area contributed by atoms with Crippen molar-refractivity contribution in [3.05, 3.63) is 65.7 Å². The monoisotopic (exact) mass is 361 g/mol. The highest BCUT2D eigenvalue weighted by Crippen LogP contribution is 2.35. The van der Waals surface area contributed by atoms with E-state index in [0.29, 0.717) is 11.0 Å². The van der Waals surface area contributed by atoms with Gasteiger partial charge in [0.25, 0.3) is 0 Å². The van der Waals surface area contributed by atoms with E-state index in [0.717, 1.165) is 39.0 Å². The van der Waals surface area contributed by atoms with Crippen molar-refractivity contribution in [1.29, 1.82) is 0 Å². The van der Waals surface area contributed by atoms with Crippen molar-refractivity contribution in [1.82, 2.24) is 19.9 Å². The van der Waals surface area contributed by atoms with E-state index in [1.165, 1.54) is 6.33 Å². The molecule has 4 rings (SSSR count). The van der Waals surface area contributed by atoms with E-state index in [2.05, 4.69) is 25.3 Å². The molecule has 2 heterocycles. The van der Waals surface area contributed by atoms with Gasteiger partial charge in [-0.25, -0.2) is 19.9 Å². The lowest BCUT2D eigenvalue weighted by molar-refractivity contribution is 1.15. The van der Waals surface area contributed by atoms with Crippen LogP contribution in [0, 0.1) is 6.92 Å². The van der Waals surface area contributed by atoms with Crippen LogP contribution in [0.5, 0.6) is 0 Å². The van der Waals surface area contributed by atoms with Crippen LogP contribution in [0.4, 0.5) is 5.95 Å². The summed E-state index contributed by atoms with van der Waals surface area (Å²) >= 11 is 6.50. The predicted molar refractivity (Wildman–Crippen MR) is 105 cm³/mol. The summed E-state index contributed by atoms with van der Waals surface area (Å²) in [4.78, 5) is 17.6. The van der Waals surface area contributed by atoms with Crippen LogP contribution in [0.2, 0.25) is 5.02 Å². The fourth-order valence-corrected chi connectivity index (χ4v) is 3.20. The van der Waals surface area contributed by atoms with E-state index >= 15 is 0 Å². The zero-order valence-electron chi connectivity index (χ0n) is 14.4. The molecule has 0 unspecified atom stereocenters. The highest BCUT2D eigenvalue weighted by atomic mass is 35.5. The Kier molecular flexibility index (Phi) is 4.22. The van der Waals surface area contributed by atoms with Crippen molar-refractivity contribution in [2.24, 2.45) is 0 Å². The highest BCUT2D eigenvalue weighted by Gasteiger charge is 2.14. The third-order valence-corrected chi connectivity index (χ3v) is 4.55. The van der Waals surface area contributed by atoms with Crippen molar-refractivity contribution in [3.63, 3.8) is 0 Å². The summed E-state index contributed by atoms with van der Waals surface area (Å²) < 4.78 is 0. The molecule has 0 radical (unpaired) electrons. The fourth-order valence-electron chi connectivity index (χ4n) is 2.93. The topological polar surface area (TPSA) is 63.6 Å². The lowest BCUT2D eigenvalue weighted by Gasteiger charge is -2.12. The second kappa shape index (κ2) is 6.69. The lowest BCUT2D eigenvalue weighted by atomic mass is 9.99. The molecule has 26 heavy (non-hydrogen) atoms. The summed E-state index contributed by atoms with van der Waals surface area (Å²) in [5, 5.41) is 4.50. The van der Waals surface area contributed by atoms with Gasteiger partial charge in [0.2, 0.25) is 5.95 Å². The normalized spacial score (nSPS) is 10.9. The number of anilines is 1. The fraction of sp³-hybridized carbons (Fsp3) is 0.100. The van der Waals surface area contributed by atoms with Gasteiger partial charge in [-0.05, 0) is 24.6 Å². The summed E-state index contributed by atoms with van der Waals surface area (Å²) in [7, 11) is 1.80. The molecule has 0 atom stereocenters. The Morgan fingerprint density at radius 2 is 1.77 bits per heavy atom. The number of aromatic nitrogens is 4. The Morgan fingerprint density at radius 1 is 0.962 bits per heavy atom. The van der Waals surface area contributed by atoms with Gasteiger partial charge >= 0.3 is 0 Å². The molecule has 2 aromatic carbocycles. The van der Waals surface area contributed by atoms with E-state index in [4.69, 9.17) is 11.6 Å². The number of benzene rings is 2. The molecule has 6 heteroatoms. The summed E-state index contributed by atoms with van der Waals surface area (Å²) in [5.74, 6) is 0.569. The van der Waals surface area contributed by atoms with Gasteiger partial charge in [-0.1, -0.05) is 41.9 Å². The maximum absolute atomic E-state index is 6.50. The molecule has 0 fully saturated rings. The molecule has 0 saturated heterocycles. The quantitative estimate of drug-likeness (QED) is 0.570. The van der Waals surface area contributed by atoms with E-state index < -0.39 is 0 Å². The minimum Gasteiger partial charge on any atom is -0.357 e. The molecule has 1 N–H and O–H groups in total. The summed E-state index contributed by atoms with van der Waals surface area (Å²) in [6.07, 6.45) is 3.35. The van der Waals surface area contributed by atoms with Crippen LogP contribution in [-0.2, 0) is 0 Å². The molecule has 0 saturated carbocycles. The second-order valence-corrected chi connectivity index (χ2v) is 6.29. The zero-order chi connectivity index (χ0) is 18.1. The van der Waals surface area contributed by atoms with Crippen LogP contribution in [0.25, 0.3) is 33.3 Å². The van der Waals surface area contributed by atoms with Crippen molar-refractivity contribution < 1.29 is 0 Å². The molecule has 0 bridgehead atoms. The van der Waals surface area contributed by atoms with Crippen LogP contribution in [0.3, 0.4) is 0 Å². The maximum atomic E-state index is 6.50. The summed E-state index contributed by atoms with van der Waals surface area (Å²) in [5.41, 5.74) is 5.32. The van der Waals surface area contributed by atoms with E-state index in [-0.39, 0.29) is 0 Å². The smallest absolute Gasteiger partial charge is 0.222 e. The molecule has 0 aliphatic heterocycles. The van der Waals surface area contributed by atoms with Crippen molar-refractivity contribution in [2.45, 2.75) is 6.92 Å². The predicted octanol–water partition coefficient (Wildman–Crippen LogP) is 4.76. The third-order valence-electron chi connectivity index (χ3n) is 4.26. The van der Waals surface area contributed by atoms with Gasteiger partial charge in [0.1, 0.15) is 6.33 Å². The second-order valence-electron chi connectivity index (χ2n) is 5.89. The number of hydrogen-bond donors (Lipinski definition) is 1. The van der Waals surface area contributed by atoms with Crippen LogP contribution < -0.4 is 5.32 Å². The highest BCUT2D eigenvalue weighted by molar-refractivity contribution is 6.35. The maximum Gasteiger partial charge on any atom is 0.222 e. The molecule has 0 amide bonds. The Labute approximate surface area is 156 Å². The molecule has 4 aromatic rings. The molecule has 0 aliphatic carbocycles. The SMILES string of the molecule is CNc1ncc(-c2cc(Cl)c3ncnc(C)c3c2)c(-c2ccccc2)n1. The number of fused-ring (bicyclic) bond motifs is 1. The van der Waals surface area contributed by atoms with Gasteiger partial charge in [-0.15, -0.1) is 0 Å². The Morgan fingerprint density at radius 3 is 2.54 bits per heavy atom. The molecule has 2 aromatic heterocycles. The molecule has 0 aliphatic rings. The minimum atomic E-state index is 0.569. The first kappa shape index (κ1) is 16.4. The largest absolute Gasteiger partial charge is 0.357 e. The molecular formula is C20H16ClN5. The number of hydrogen-bond acceptors (Lipinski definition) is 5. The van der Waals surface area contributed by atoms with Crippen molar-refractivity contribution in [3.8, 4) is 22.4 Å². The van der Waals surface area contributed by atoms with Gasteiger partial charge in [0.05, 0.1) is 16.2 Å². The lowest BCUT2D eigenvalue weighted by Crippen LogP contribution is -2.00. The van der Waals surface area contributed by atoms with Crippen LogP contribution >= 0.6 is 11.6 Å².